The molecule has 92 valence electrons. The van der Waals surface area contributed by atoms with E-state index < -0.39 is 4.92 Å². The molecule has 0 spiro atoms. The highest BCUT2D eigenvalue weighted by Crippen LogP contribution is 2.51. The number of nitro benzene ring substituents is 1. The topological polar surface area (TPSA) is 73.6 Å². The Morgan fingerprint density at radius 3 is 2.53 bits per heavy atom. The van der Waals surface area contributed by atoms with E-state index in [-0.39, 0.29) is 11.4 Å². The Bertz CT molecular complexity index is 486. The molecule has 0 saturated heterocycles. The van der Waals surface area contributed by atoms with Crippen LogP contribution in [0, 0.1) is 10.1 Å². The van der Waals surface area contributed by atoms with Gasteiger partial charge in [0.25, 0.3) is 0 Å². The molecule has 1 aliphatic rings. The van der Waals surface area contributed by atoms with Crippen LogP contribution in [-0.4, -0.2) is 25.7 Å². The summed E-state index contributed by atoms with van der Waals surface area (Å²) in [6.07, 6.45) is 0.696. The summed E-state index contributed by atoms with van der Waals surface area (Å²) in [5.41, 5.74) is 1.26. The summed E-state index contributed by atoms with van der Waals surface area (Å²) in [7, 11) is 2.93. The van der Waals surface area contributed by atoms with Gasteiger partial charge in [-0.3, -0.25) is 10.1 Å². The largest absolute Gasteiger partial charge is 0.495 e. The Kier molecular flexibility index (Phi) is 3.10. The molecule has 1 heterocycles. The normalized spacial score (nSPS) is 12.9. The van der Waals surface area contributed by atoms with E-state index in [0.717, 1.165) is 5.56 Å². The highest BCUT2D eigenvalue weighted by Gasteiger charge is 2.33. The number of ether oxygens (including phenoxy) is 2. The molecule has 1 aromatic carbocycles. The van der Waals surface area contributed by atoms with Crippen molar-refractivity contribution in [3.63, 3.8) is 0 Å². The molecule has 6 nitrogen and oxygen atoms in total. The second-order valence-corrected chi connectivity index (χ2v) is 4.31. The molecule has 1 aromatic rings. The summed E-state index contributed by atoms with van der Waals surface area (Å²) in [5, 5.41) is 14.1. The number of halogens is 1. The summed E-state index contributed by atoms with van der Waals surface area (Å²) in [4.78, 5) is 10.7. The van der Waals surface area contributed by atoms with Gasteiger partial charge in [0.15, 0.2) is 0 Å². The van der Waals surface area contributed by atoms with Crippen molar-refractivity contribution in [1.29, 1.82) is 0 Å². The zero-order chi connectivity index (χ0) is 12.6. The van der Waals surface area contributed by atoms with Gasteiger partial charge in [-0.1, -0.05) is 0 Å². The van der Waals surface area contributed by atoms with Crippen molar-refractivity contribution in [3.05, 3.63) is 20.2 Å². The molecule has 0 saturated carbocycles. The molecule has 7 heteroatoms. The summed E-state index contributed by atoms with van der Waals surface area (Å²) < 4.78 is 10.9. The van der Waals surface area contributed by atoms with Gasteiger partial charge in [0.05, 0.1) is 19.1 Å². The molecule has 0 aromatic heterocycles. The SMILES string of the molecule is COc1c(Br)c(OC)c([N+](=O)[O-])c2c1CCN2. The highest BCUT2D eigenvalue weighted by atomic mass is 79.9. The molecule has 0 aliphatic carbocycles. The van der Waals surface area contributed by atoms with E-state index >= 15 is 0 Å². The number of nitro groups is 1. The van der Waals surface area contributed by atoms with Gasteiger partial charge >= 0.3 is 5.69 Å². The van der Waals surface area contributed by atoms with Gasteiger partial charge in [0.1, 0.15) is 15.9 Å². The fourth-order valence-electron chi connectivity index (χ4n) is 2.02. The lowest BCUT2D eigenvalue weighted by Crippen LogP contribution is -2.02. The molecular weight excluding hydrogens is 292 g/mol. The van der Waals surface area contributed by atoms with E-state index in [9.17, 15) is 10.1 Å². The van der Waals surface area contributed by atoms with Gasteiger partial charge in [0, 0.05) is 12.1 Å². The average molecular weight is 303 g/mol. The maximum absolute atomic E-state index is 11.1. The van der Waals surface area contributed by atoms with Crippen molar-refractivity contribution in [2.45, 2.75) is 6.42 Å². The minimum Gasteiger partial charge on any atom is -0.495 e. The lowest BCUT2D eigenvalue weighted by Gasteiger charge is -2.13. The average Bonchev–Trinajstić information content (AvgIpc) is 2.75. The van der Waals surface area contributed by atoms with Gasteiger partial charge in [0.2, 0.25) is 5.75 Å². The molecule has 0 fully saturated rings. The number of anilines is 1. The number of fused-ring (bicyclic) bond motifs is 1. The molecular formula is C10H11BrN2O4. The van der Waals surface area contributed by atoms with Gasteiger partial charge in [-0.15, -0.1) is 0 Å². The maximum atomic E-state index is 11.1. The van der Waals surface area contributed by atoms with Crippen molar-refractivity contribution in [2.24, 2.45) is 0 Å². The van der Waals surface area contributed by atoms with Crippen LogP contribution in [-0.2, 0) is 6.42 Å². The van der Waals surface area contributed by atoms with Crippen LogP contribution in [0.15, 0.2) is 4.47 Å². The predicted octanol–water partition coefficient (Wildman–Crippen LogP) is 2.34. The van der Waals surface area contributed by atoms with Crippen LogP contribution in [0.4, 0.5) is 11.4 Å². The predicted molar refractivity (Wildman–Crippen MR) is 66.1 cm³/mol. The van der Waals surface area contributed by atoms with Gasteiger partial charge in [-0.05, 0) is 22.4 Å². The molecule has 1 N–H and O–H groups in total. The van der Waals surface area contributed by atoms with E-state index in [1.165, 1.54) is 14.2 Å². The first-order valence-electron chi connectivity index (χ1n) is 4.96. The molecule has 1 aliphatic heterocycles. The zero-order valence-corrected chi connectivity index (χ0v) is 11.0. The van der Waals surface area contributed by atoms with E-state index in [0.29, 0.717) is 28.9 Å². The summed E-state index contributed by atoms with van der Waals surface area (Å²) in [5.74, 6) is 0.771. The number of benzene rings is 1. The van der Waals surface area contributed by atoms with Crippen LogP contribution in [0.2, 0.25) is 0 Å². The fraction of sp³-hybridized carbons (Fsp3) is 0.400. The second-order valence-electron chi connectivity index (χ2n) is 3.52. The van der Waals surface area contributed by atoms with Crippen LogP contribution in [0.3, 0.4) is 0 Å². The maximum Gasteiger partial charge on any atom is 0.335 e. The first-order valence-corrected chi connectivity index (χ1v) is 5.75. The first kappa shape index (κ1) is 12.0. The molecule has 17 heavy (non-hydrogen) atoms. The standard InChI is InChI=1S/C10H11BrN2O4/c1-16-9-5-3-4-12-7(5)8(13(14)15)10(17-2)6(9)11/h12H,3-4H2,1-2H3. The third-order valence-corrected chi connectivity index (χ3v) is 3.41. The molecule has 0 bridgehead atoms. The van der Waals surface area contributed by atoms with E-state index in [1.54, 1.807) is 0 Å². The summed E-state index contributed by atoms with van der Waals surface area (Å²) in [6.45, 7) is 0.659. The van der Waals surface area contributed by atoms with E-state index in [4.69, 9.17) is 9.47 Å². The molecule has 0 atom stereocenters. The van der Waals surface area contributed by atoms with Crippen LogP contribution in [0.5, 0.6) is 11.5 Å². The van der Waals surface area contributed by atoms with Gasteiger partial charge < -0.3 is 14.8 Å². The monoisotopic (exact) mass is 302 g/mol. The van der Waals surface area contributed by atoms with Crippen molar-refractivity contribution in [3.8, 4) is 11.5 Å². The number of hydrogen-bond donors (Lipinski definition) is 1. The lowest BCUT2D eigenvalue weighted by atomic mass is 10.1. The summed E-state index contributed by atoms with van der Waals surface area (Å²) >= 11 is 3.29. The van der Waals surface area contributed by atoms with Crippen molar-refractivity contribution in [2.75, 3.05) is 26.1 Å². The van der Waals surface area contributed by atoms with Crippen molar-refractivity contribution >= 4 is 27.3 Å². The zero-order valence-electron chi connectivity index (χ0n) is 9.37. The van der Waals surface area contributed by atoms with E-state index in [2.05, 4.69) is 21.2 Å². The van der Waals surface area contributed by atoms with Gasteiger partial charge in [-0.2, -0.15) is 0 Å². The van der Waals surface area contributed by atoms with Crippen LogP contribution < -0.4 is 14.8 Å². The quantitative estimate of drug-likeness (QED) is 0.685. The highest BCUT2D eigenvalue weighted by molar-refractivity contribution is 9.10. The Balaban J connectivity index is 2.80. The first-order chi connectivity index (χ1) is 8.11. The Labute approximate surface area is 106 Å². The number of nitrogens with one attached hydrogen (secondary N) is 1. The minimum absolute atomic E-state index is 0.0484. The molecule has 0 unspecified atom stereocenters. The fourth-order valence-corrected chi connectivity index (χ4v) is 2.78. The Morgan fingerprint density at radius 1 is 1.35 bits per heavy atom. The molecule has 2 rings (SSSR count). The Hall–Kier alpha value is -1.50. The van der Waals surface area contributed by atoms with Gasteiger partial charge in [-0.25, -0.2) is 0 Å². The van der Waals surface area contributed by atoms with Crippen LogP contribution in [0.1, 0.15) is 5.56 Å². The lowest BCUT2D eigenvalue weighted by molar-refractivity contribution is -0.384. The Morgan fingerprint density at radius 2 is 2.00 bits per heavy atom. The molecule has 0 amide bonds. The van der Waals surface area contributed by atoms with Crippen LogP contribution >= 0.6 is 15.9 Å². The number of rotatable bonds is 3. The minimum atomic E-state index is -0.444. The second kappa shape index (κ2) is 4.40. The third-order valence-electron chi connectivity index (χ3n) is 2.69. The summed E-state index contributed by atoms with van der Waals surface area (Å²) in [6, 6.07) is 0. The van der Waals surface area contributed by atoms with Crippen LogP contribution in [0.25, 0.3) is 0 Å². The number of hydrogen-bond acceptors (Lipinski definition) is 5. The smallest absolute Gasteiger partial charge is 0.335 e. The number of methoxy groups -OCH3 is 2. The third kappa shape index (κ3) is 1.70. The number of nitrogens with zero attached hydrogens (tertiary/aromatic N) is 1. The van der Waals surface area contributed by atoms with E-state index in [1.807, 2.05) is 0 Å². The molecule has 0 radical (unpaired) electrons. The van der Waals surface area contributed by atoms with Crippen molar-refractivity contribution < 1.29 is 14.4 Å². The van der Waals surface area contributed by atoms with Crippen molar-refractivity contribution in [1.82, 2.24) is 0 Å².